The van der Waals surface area contributed by atoms with E-state index in [9.17, 15) is 8.42 Å². The first-order valence-electron chi connectivity index (χ1n) is 5.81. The Morgan fingerprint density at radius 3 is 2.67 bits per heavy atom. The van der Waals surface area contributed by atoms with Crippen LogP contribution in [0.3, 0.4) is 0 Å². The number of sulfonamides is 1. The third-order valence-corrected chi connectivity index (χ3v) is 4.12. The van der Waals surface area contributed by atoms with Crippen LogP contribution in [-0.4, -0.2) is 45.1 Å². The van der Waals surface area contributed by atoms with E-state index in [1.807, 2.05) is 0 Å². The van der Waals surface area contributed by atoms with Crippen LogP contribution in [0.4, 0.5) is 0 Å². The van der Waals surface area contributed by atoms with Crippen molar-refractivity contribution in [2.24, 2.45) is 0 Å². The van der Waals surface area contributed by atoms with E-state index < -0.39 is 10.0 Å². The van der Waals surface area contributed by atoms with E-state index in [0.717, 1.165) is 23.7 Å². The highest BCUT2D eigenvalue weighted by atomic mass is 32.2. The molecule has 0 atom stereocenters. The fourth-order valence-corrected chi connectivity index (χ4v) is 2.16. The first kappa shape index (κ1) is 15.2. The number of aliphatic hydroxyl groups excluding tert-OH is 1. The minimum absolute atomic E-state index is 0.0420. The van der Waals surface area contributed by atoms with Gasteiger partial charge in [0.15, 0.2) is 0 Å². The van der Waals surface area contributed by atoms with Crippen molar-refractivity contribution in [1.29, 1.82) is 0 Å². The van der Waals surface area contributed by atoms with E-state index in [1.54, 1.807) is 6.07 Å². The molecule has 0 spiro atoms. The number of hydrogen-bond donors (Lipinski definition) is 2. The summed E-state index contributed by atoms with van der Waals surface area (Å²) in [5, 5.41) is 11.7. The molecule has 1 aromatic rings. The summed E-state index contributed by atoms with van der Waals surface area (Å²) in [5.74, 6) is 0.583. The number of nitrogens with zero attached hydrogens (tertiary/aromatic N) is 1. The summed E-state index contributed by atoms with van der Waals surface area (Å²) in [5.41, 5.74) is 0. The van der Waals surface area contributed by atoms with Crippen molar-refractivity contribution < 1.29 is 17.9 Å². The SMILES string of the molecule is CN(C)S(=O)(=O)c1ccc(CNCCCCO)o1. The van der Waals surface area contributed by atoms with Gasteiger partial charge in [-0.25, -0.2) is 12.7 Å². The minimum Gasteiger partial charge on any atom is -0.447 e. The van der Waals surface area contributed by atoms with Crippen molar-refractivity contribution in [2.45, 2.75) is 24.5 Å². The van der Waals surface area contributed by atoms with Gasteiger partial charge in [-0.1, -0.05) is 0 Å². The Morgan fingerprint density at radius 2 is 2.06 bits per heavy atom. The quantitative estimate of drug-likeness (QED) is 0.671. The minimum atomic E-state index is -3.49. The predicted octanol–water partition coefficient (Wildman–Crippen LogP) is 0.392. The Hall–Kier alpha value is -0.890. The largest absolute Gasteiger partial charge is 0.447 e. The molecule has 0 unspecified atom stereocenters. The average Bonchev–Trinajstić information content (AvgIpc) is 2.78. The van der Waals surface area contributed by atoms with Crippen LogP contribution < -0.4 is 5.32 Å². The molecule has 0 bridgehead atoms. The molecule has 0 aliphatic carbocycles. The van der Waals surface area contributed by atoms with Crippen LogP contribution in [0, 0.1) is 0 Å². The van der Waals surface area contributed by atoms with Gasteiger partial charge in [0.2, 0.25) is 5.09 Å². The van der Waals surface area contributed by atoms with Crippen molar-refractivity contribution in [3.63, 3.8) is 0 Å². The second-order valence-corrected chi connectivity index (χ2v) is 6.20. The monoisotopic (exact) mass is 276 g/mol. The lowest BCUT2D eigenvalue weighted by molar-refractivity contribution is 0.283. The van der Waals surface area contributed by atoms with Gasteiger partial charge >= 0.3 is 0 Å². The maximum Gasteiger partial charge on any atom is 0.275 e. The van der Waals surface area contributed by atoms with Gasteiger partial charge in [-0.3, -0.25) is 0 Å². The molecule has 104 valence electrons. The molecule has 1 rings (SSSR count). The summed E-state index contributed by atoms with van der Waals surface area (Å²) in [4.78, 5) is 0. The highest BCUT2D eigenvalue weighted by molar-refractivity contribution is 7.88. The lowest BCUT2D eigenvalue weighted by atomic mass is 10.3. The number of hydrogen-bond acceptors (Lipinski definition) is 5. The van der Waals surface area contributed by atoms with E-state index in [1.165, 1.54) is 20.2 Å². The third kappa shape index (κ3) is 4.09. The summed E-state index contributed by atoms with van der Waals surface area (Å²) in [6.07, 6.45) is 1.63. The van der Waals surface area contributed by atoms with Gasteiger partial charge in [0.25, 0.3) is 10.0 Å². The molecule has 18 heavy (non-hydrogen) atoms. The second-order valence-electron chi connectivity index (χ2n) is 4.12. The highest BCUT2D eigenvalue weighted by Crippen LogP contribution is 2.16. The van der Waals surface area contributed by atoms with Gasteiger partial charge in [-0.05, 0) is 31.5 Å². The Morgan fingerprint density at radius 1 is 1.33 bits per heavy atom. The van der Waals surface area contributed by atoms with Gasteiger partial charge in [-0.15, -0.1) is 0 Å². The smallest absolute Gasteiger partial charge is 0.275 e. The van der Waals surface area contributed by atoms with Gasteiger partial charge in [0, 0.05) is 20.7 Å². The molecule has 7 heteroatoms. The van der Waals surface area contributed by atoms with Crippen LogP contribution >= 0.6 is 0 Å². The molecule has 0 saturated heterocycles. The summed E-state index contributed by atoms with van der Waals surface area (Å²) in [6.45, 7) is 1.43. The molecule has 0 fully saturated rings. The second kappa shape index (κ2) is 6.89. The maximum absolute atomic E-state index is 11.7. The van der Waals surface area contributed by atoms with Gasteiger partial charge in [0.1, 0.15) is 5.76 Å². The molecule has 2 N–H and O–H groups in total. The lowest BCUT2D eigenvalue weighted by Crippen LogP contribution is -2.21. The number of nitrogens with one attached hydrogen (secondary N) is 1. The van der Waals surface area contributed by atoms with Crippen molar-refractivity contribution in [1.82, 2.24) is 9.62 Å². The topological polar surface area (TPSA) is 82.8 Å². The number of aliphatic hydroxyl groups is 1. The van der Waals surface area contributed by atoms with Crippen molar-refractivity contribution in [3.8, 4) is 0 Å². The molecule has 1 aromatic heterocycles. The fourth-order valence-electron chi connectivity index (χ4n) is 1.35. The average molecular weight is 276 g/mol. The number of rotatable bonds is 8. The molecule has 0 aromatic carbocycles. The van der Waals surface area contributed by atoms with Crippen LogP contribution in [-0.2, 0) is 16.6 Å². The zero-order valence-electron chi connectivity index (χ0n) is 10.7. The summed E-state index contributed by atoms with van der Waals surface area (Å²) in [7, 11) is -0.564. The summed E-state index contributed by atoms with van der Waals surface area (Å²) >= 11 is 0. The predicted molar refractivity (Wildman–Crippen MR) is 67.6 cm³/mol. The Labute approximate surface area is 108 Å². The molecular weight excluding hydrogens is 256 g/mol. The first-order valence-corrected chi connectivity index (χ1v) is 7.25. The molecule has 1 heterocycles. The Balaban J connectivity index is 2.49. The number of furan rings is 1. The van der Waals surface area contributed by atoms with Gasteiger partial charge in [0.05, 0.1) is 6.54 Å². The van der Waals surface area contributed by atoms with E-state index in [2.05, 4.69) is 5.32 Å². The van der Waals surface area contributed by atoms with Crippen molar-refractivity contribution >= 4 is 10.0 Å². The fraction of sp³-hybridized carbons (Fsp3) is 0.636. The third-order valence-electron chi connectivity index (χ3n) is 2.43. The standard InChI is InChI=1S/C11H20N2O4S/c1-13(2)18(15,16)11-6-5-10(17-11)9-12-7-3-4-8-14/h5-6,12,14H,3-4,7-9H2,1-2H3. The number of unbranched alkanes of at least 4 members (excludes halogenated alkanes) is 1. The van der Waals surface area contributed by atoms with Gasteiger partial charge in [-0.2, -0.15) is 0 Å². The molecule has 0 amide bonds. The first-order chi connectivity index (χ1) is 8.48. The molecule has 0 aliphatic rings. The molecule has 0 aliphatic heterocycles. The van der Waals surface area contributed by atoms with E-state index in [0.29, 0.717) is 12.3 Å². The maximum atomic E-state index is 11.7. The van der Waals surface area contributed by atoms with E-state index in [-0.39, 0.29) is 11.7 Å². The zero-order chi connectivity index (χ0) is 13.6. The highest BCUT2D eigenvalue weighted by Gasteiger charge is 2.21. The molecule has 0 radical (unpaired) electrons. The lowest BCUT2D eigenvalue weighted by Gasteiger charge is -2.07. The van der Waals surface area contributed by atoms with Gasteiger partial charge < -0.3 is 14.8 Å². The summed E-state index contributed by atoms with van der Waals surface area (Å²) < 4.78 is 29.9. The van der Waals surface area contributed by atoms with Crippen molar-refractivity contribution in [3.05, 3.63) is 17.9 Å². The van der Waals surface area contributed by atoms with E-state index >= 15 is 0 Å². The van der Waals surface area contributed by atoms with E-state index in [4.69, 9.17) is 9.52 Å². The Kier molecular flexibility index (Phi) is 5.80. The molecule has 6 nitrogen and oxygen atoms in total. The zero-order valence-corrected chi connectivity index (χ0v) is 11.5. The molecular formula is C11H20N2O4S. The molecule has 0 saturated carbocycles. The Bertz CT molecular complexity index is 453. The van der Waals surface area contributed by atoms with Crippen LogP contribution in [0.1, 0.15) is 18.6 Å². The van der Waals surface area contributed by atoms with Crippen LogP contribution in [0.2, 0.25) is 0 Å². The normalized spacial score (nSPS) is 12.2. The van der Waals surface area contributed by atoms with Crippen molar-refractivity contribution in [2.75, 3.05) is 27.2 Å². The van der Waals surface area contributed by atoms with Crippen LogP contribution in [0.15, 0.2) is 21.6 Å². The summed E-state index contributed by atoms with van der Waals surface area (Å²) in [6, 6.07) is 3.11. The van der Waals surface area contributed by atoms with Crippen LogP contribution in [0.25, 0.3) is 0 Å². The van der Waals surface area contributed by atoms with Crippen LogP contribution in [0.5, 0.6) is 0 Å².